The van der Waals surface area contributed by atoms with E-state index in [0.29, 0.717) is 0 Å². The lowest BCUT2D eigenvalue weighted by molar-refractivity contribution is -0.274. The summed E-state index contributed by atoms with van der Waals surface area (Å²) in [6.07, 6.45) is -6.37. The van der Waals surface area contributed by atoms with Gasteiger partial charge >= 0.3 is 18.3 Å². The number of hydrogen-bond acceptors (Lipinski definition) is 6. The standard InChI is InChI=1S/C16H17F3O6/c1-10(2)15(22)24-9-12(20)8-23-14(21)7-11-4-3-5-13(6-11)25-16(17,18)19/h3-6,12,20H,1,7-9H2,2H3. The molecule has 1 unspecified atom stereocenters. The molecule has 0 amide bonds. The quantitative estimate of drug-likeness (QED) is 0.564. The van der Waals surface area contributed by atoms with Crippen LogP contribution in [0.1, 0.15) is 12.5 Å². The normalized spacial score (nSPS) is 12.2. The van der Waals surface area contributed by atoms with Crippen molar-refractivity contribution in [2.45, 2.75) is 25.8 Å². The average Bonchev–Trinajstić information content (AvgIpc) is 2.49. The lowest BCUT2D eigenvalue weighted by atomic mass is 10.1. The summed E-state index contributed by atoms with van der Waals surface area (Å²) >= 11 is 0. The van der Waals surface area contributed by atoms with Crippen molar-refractivity contribution in [2.24, 2.45) is 0 Å². The van der Waals surface area contributed by atoms with E-state index in [1.807, 2.05) is 0 Å². The molecule has 0 aromatic heterocycles. The van der Waals surface area contributed by atoms with Crippen LogP contribution in [0.3, 0.4) is 0 Å². The molecule has 138 valence electrons. The molecule has 0 radical (unpaired) electrons. The third-order valence-corrected chi connectivity index (χ3v) is 2.67. The molecule has 1 atom stereocenters. The molecule has 0 aliphatic heterocycles. The SMILES string of the molecule is C=C(C)C(=O)OCC(O)COC(=O)Cc1cccc(OC(F)(F)F)c1. The smallest absolute Gasteiger partial charge is 0.463 e. The molecule has 6 nitrogen and oxygen atoms in total. The third kappa shape index (κ3) is 8.75. The molecule has 0 fully saturated rings. The van der Waals surface area contributed by atoms with Gasteiger partial charge in [0.1, 0.15) is 25.1 Å². The van der Waals surface area contributed by atoms with Gasteiger partial charge < -0.3 is 19.3 Å². The molecule has 0 aliphatic rings. The van der Waals surface area contributed by atoms with Crippen LogP contribution in [0.5, 0.6) is 5.75 Å². The van der Waals surface area contributed by atoms with Gasteiger partial charge in [-0.2, -0.15) is 0 Å². The van der Waals surface area contributed by atoms with E-state index in [-0.39, 0.29) is 24.2 Å². The fourth-order valence-corrected chi connectivity index (χ4v) is 1.60. The maximum atomic E-state index is 12.1. The van der Waals surface area contributed by atoms with Gasteiger partial charge in [-0.05, 0) is 24.6 Å². The molecule has 1 rings (SSSR count). The average molecular weight is 362 g/mol. The van der Waals surface area contributed by atoms with Crippen molar-refractivity contribution in [3.8, 4) is 5.75 Å². The Morgan fingerprint density at radius 2 is 1.88 bits per heavy atom. The zero-order valence-electron chi connectivity index (χ0n) is 13.3. The van der Waals surface area contributed by atoms with Gasteiger partial charge in [0, 0.05) is 5.57 Å². The Labute approximate surface area is 141 Å². The number of aliphatic hydroxyl groups is 1. The molecule has 1 aromatic rings. The lowest BCUT2D eigenvalue weighted by Crippen LogP contribution is -2.26. The monoisotopic (exact) mass is 362 g/mol. The first kappa shape index (κ1) is 20.5. The number of carbonyl (C=O) groups is 2. The van der Waals surface area contributed by atoms with Crippen molar-refractivity contribution in [3.05, 3.63) is 42.0 Å². The lowest BCUT2D eigenvalue weighted by Gasteiger charge is -2.12. The molecule has 0 aliphatic carbocycles. The van der Waals surface area contributed by atoms with Crippen molar-refractivity contribution in [3.63, 3.8) is 0 Å². The summed E-state index contributed by atoms with van der Waals surface area (Å²) in [6.45, 7) is 3.99. The zero-order valence-corrected chi connectivity index (χ0v) is 13.3. The molecule has 0 saturated heterocycles. The Hall–Kier alpha value is -2.55. The number of benzene rings is 1. The summed E-state index contributed by atoms with van der Waals surface area (Å²) in [6, 6.07) is 4.88. The van der Waals surface area contributed by atoms with Crippen LogP contribution < -0.4 is 4.74 Å². The second-order valence-electron chi connectivity index (χ2n) is 5.09. The highest BCUT2D eigenvalue weighted by Gasteiger charge is 2.31. The van der Waals surface area contributed by atoms with Crippen molar-refractivity contribution < 1.29 is 42.1 Å². The summed E-state index contributed by atoms with van der Waals surface area (Å²) in [7, 11) is 0. The van der Waals surface area contributed by atoms with Gasteiger partial charge in [-0.1, -0.05) is 18.7 Å². The Balaban J connectivity index is 2.43. The molecule has 9 heteroatoms. The zero-order chi connectivity index (χ0) is 19.0. The molecule has 1 aromatic carbocycles. The van der Waals surface area contributed by atoms with E-state index in [9.17, 15) is 27.9 Å². The molecule has 0 spiro atoms. The Morgan fingerprint density at radius 3 is 2.48 bits per heavy atom. The van der Waals surface area contributed by atoms with Crippen molar-refractivity contribution in [1.82, 2.24) is 0 Å². The number of ether oxygens (including phenoxy) is 3. The van der Waals surface area contributed by atoms with E-state index in [1.165, 1.54) is 19.1 Å². The number of hydrogen-bond donors (Lipinski definition) is 1. The van der Waals surface area contributed by atoms with Gasteiger partial charge in [0.25, 0.3) is 0 Å². The fourth-order valence-electron chi connectivity index (χ4n) is 1.60. The van der Waals surface area contributed by atoms with Gasteiger partial charge in [-0.3, -0.25) is 4.79 Å². The molecule has 25 heavy (non-hydrogen) atoms. The molecule has 0 saturated carbocycles. The molecule has 0 heterocycles. The minimum Gasteiger partial charge on any atom is -0.463 e. The summed E-state index contributed by atoms with van der Waals surface area (Å²) in [5.74, 6) is -1.91. The summed E-state index contributed by atoms with van der Waals surface area (Å²) in [5.41, 5.74) is 0.403. The first-order valence-corrected chi connectivity index (χ1v) is 7.08. The van der Waals surface area contributed by atoms with Gasteiger partial charge in [-0.15, -0.1) is 13.2 Å². The second kappa shape index (κ2) is 9.07. The topological polar surface area (TPSA) is 82.1 Å². The van der Waals surface area contributed by atoms with E-state index < -0.39 is 36.8 Å². The van der Waals surface area contributed by atoms with E-state index in [0.717, 1.165) is 12.1 Å². The van der Waals surface area contributed by atoms with Crippen LogP contribution in [0.15, 0.2) is 36.4 Å². The van der Waals surface area contributed by atoms with Crippen LogP contribution >= 0.6 is 0 Å². The van der Waals surface area contributed by atoms with Crippen molar-refractivity contribution in [2.75, 3.05) is 13.2 Å². The molecular formula is C16H17F3O6. The number of carbonyl (C=O) groups excluding carboxylic acids is 2. The van der Waals surface area contributed by atoms with Crippen LogP contribution in [0.25, 0.3) is 0 Å². The van der Waals surface area contributed by atoms with Gasteiger partial charge in [0.15, 0.2) is 0 Å². The summed E-state index contributed by atoms with van der Waals surface area (Å²) in [4.78, 5) is 22.8. The van der Waals surface area contributed by atoms with Crippen LogP contribution in [-0.2, 0) is 25.5 Å². The van der Waals surface area contributed by atoms with E-state index in [1.54, 1.807) is 0 Å². The van der Waals surface area contributed by atoms with Gasteiger partial charge in [-0.25, -0.2) is 4.79 Å². The predicted molar refractivity (Wildman–Crippen MR) is 79.6 cm³/mol. The second-order valence-corrected chi connectivity index (χ2v) is 5.09. The van der Waals surface area contributed by atoms with E-state index in [2.05, 4.69) is 16.1 Å². The van der Waals surface area contributed by atoms with Crippen LogP contribution in [0, 0.1) is 0 Å². The maximum absolute atomic E-state index is 12.1. The van der Waals surface area contributed by atoms with Crippen LogP contribution in [0.2, 0.25) is 0 Å². The first-order valence-electron chi connectivity index (χ1n) is 7.08. The molecular weight excluding hydrogens is 345 g/mol. The Morgan fingerprint density at radius 1 is 1.24 bits per heavy atom. The number of halogens is 3. The van der Waals surface area contributed by atoms with E-state index >= 15 is 0 Å². The Kier molecular flexibility index (Phi) is 7.43. The third-order valence-electron chi connectivity index (χ3n) is 2.67. The van der Waals surface area contributed by atoms with Crippen molar-refractivity contribution in [1.29, 1.82) is 0 Å². The minimum absolute atomic E-state index is 0.158. The Bertz CT molecular complexity index is 627. The van der Waals surface area contributed by atoms with Gasteiger partial charge in [0.2, 0.25) is 0 Å². The highest BCUT2D eigenvalue weighted by molar-refractivity contribution is 5.86. The highest BCUT2D eigenvalue weighted by Crippen LogP contribution is 2.23. The van der Waals surface area contributed by atoms with E-state index in [4.69, 9.17) is 4.74 Å². The molecule has 1 N–H and O–H groups in total. The number of alkyl halides is 3. The number of rotatable bonds is 8. The predicted octanol–water partition coefficient (Wildman–Crippen LogP) is 2.15. The summed E-state index contributed by atoms with van der Waals surface area (Å²) in [5, 5.41) is 9.54. The molecule has 0 bridgehead atoms. The number of aliphatic hydroxyl groups excluding tert-OH is 1. The fraction of sp³-hybridized carbons (Fsp3) is 0.375. The largest absolute Gasteiger partial charge is 0.573 e. The first-order chi connectivity index (χ1) is 11.6. The summed E-state index contributed by atoms with van der Waals surface area (Å²) < 4.78 is 49.6. The van der Waals surface area contributed by atoms with Crippen LogP contribution in [0.4, 0.5) is 13.2 Å². The minimum atomic E-state index is -4.83. The number of esters is 2. The van der Waals surface area contributed by atoms with Crippen molar-refractivity contribution >= 4 is 11.9 Å². The maximum Gasteiger partial charge on any atom is 0.573 e. The highest BCUT2D eigenvalue weighted by atomic mass is 19.4. The van der Waals surface area contributed by atoms with Crippen LogP contribution in [-0.4, -0.2) is 42.7 Å². The van der Waals surface area contributed by atoms with Gasteiger partial charge in [0.05, 0.1) is 6.42 Å².